The van der Waals surface area contributed by atoms with E-state index < -0.39 is 37.0 Å². The lowest BCUT2D eigenvalue weighted by atomic mass is 10.0. The zero-order valence-electron chi connectivity index (χ0n) is 22.5. The van der Waals surface area contributed by atoms with Crippen molar-refractivity contribution in [3.63, 3.8) is 0 Å². The molecule has 0 atom stereocenters. The Bertz CT molecular complexity index is 1440. The second-order valence-corrected chi connectivity index (χ2v) is 8.83. The van der Waals surface area contributed by atoms with E-state index in [1.165, 1.54) is 14.2 Å². The first-order chi connectivity index (χ1) is 19.9. The third-order valence-corrected chi connectivity index (χ3v) is 6.08. The maximum atomic E-state index is 12.5. The van der Waals surface area contributed by atoms with Gasteiger partial charge in [0, 0.05) is 0 Å². The summed E-state index contributed by atoms with van der Waals surface area (Å²) in [6, 6.07) is 28.9. The molecule has 0 unspecified atom stereocenters. The third kappa shape index (κ3) is 7.43. The molecule has 0 aliphatic carbocycles. The summed E-state index contributed by atoms with van der Waals surface area (Å²) in [5, 5.41) is 5.25. The van der Waals surface area contributed by atoms with Gasteiger partial charge in [0.05, 0.1) is 36.7 Å². The molecule has 41 heavy (non-hydrogen) atoms. The Morgan fingerprint density at radius 3 is 1.29 bits per heavy atom. The van der Waals surface area contributed by atoms with E-state index in [0.29, 0.717) is 0 Å². The summed E-state index contributed by atoms with van der Waals surface area (Å²) >= 11 is 0. The minimum Gasteiger partial charge on any atom is -0.465 e. The second kappa shape index (κ2) is 13.7. The van der Waals surface area contributed by atoms with Crippen molar-refractivity contribution in [2.45, 2.75) is 0 Å². The van der Waals surface area contributed by atoms with Crippen molar-refractivity contribution in [2.24, 2.45) is 0 Å². The Balaban J connectivity index is 1.37. The van der Waals surface area contributed by atoms with Crippen molar-refractivity contribution in [1.82, 2.24) is 0 Å². The van der Waals surface area contributed by atoms with Gasteiger partial charge in [0.25, 0.3) is 0 Å². The first-order valence-electron chi connectivity index (χ1n) is 12.6. The summed E-state index contributed by atoms with van der Waals surface area (Å²) in [4.78, 5) is 49.9. The normalized spacial score (nSPS) is 10.4. The molecule has 0 heterocycles. The Labute approximate surface area is 237 Å². The van der Waals surface area contributed by atoms with E-state index in [4.69, 9.17) is 14.2 Å². The van der Waals surface area contributed by atoms with Gasteiger partial charge in [-0.1, -0.05) is 72.8 Å². The molecular weight excluding hydrogens is 524 g/mol. The smallest absolute Gasteiger partial charge is 0.339 e. The third-order valence-electron chi connectivity index (χ3n) is 6.08. The number of hydrogen-bond acceptors (Lipinski definition) is 7. The van der Waals surface area contributed by atoms with E-state index in [-0.39, 0.29) is 22.5 Å². The monoisotopic (exact) mass is 552 g/mol. The molecule has 0 aliphatic rings. The molecule has 4 aromatic carbocycles. The number of ether oxygens (including phenoxy) is 3. The molecule has 2 N–H and O–H groups in total. The molecule has 9 heteroatoms. The van der Waals surface area contributed by atoms with Crippen molar-refractivity contribution in [2.75, 3.05) is 38.1 Å². The van der Waals surface area contributed by atoms with E-state index in [1.807, 2.05) is 60.7 Å². The molecule has 0 radical (unpaired) electrons. The van der Waals surface area contributed by atoms with Gasteiger partial charge in [-0.25, -0.2) is 9.59 Å². The number of carbonyl (C=O) groups is 4. The number of carbonyl (C=O) groups excluding carboxylic acids is 4. The van der Waals surface area contributed by atoms with E-state index >= 15 is 0 Å². The highest BCUT2D eigenvalue weighted by Gasteiger charge is 2.18. The lowest BCUT2D eigenvalue weighted by Crippen LogP contribution is -2.25. The molecule has 0 fully saturated rings. The number of hydrogen-bond donors (Lipinski definition) is 2. The largest absolute Gasteiger partial charge is 0.465 e. The topological polar surface area (TPSA) is 120 Å². The van der Waals surface area contributed by atoms with Crippen molar-refractivity contribution in [1.29, 1.82) is 0 Å². The summed E-state index contributed by atoms with van der Waals surface area (Å²) in [7, 11) is 2.51. The van der Waals surface area contributed by atoms with Crippen LogP contribution < -0.4 is 10.6 Å². The van der Waals surface area contributed by atoms with Crippen LogP contribution in [0.25, 0.3) is 22.3 Å². The van der Waals surface area contributed by atoms with Crippen molar-refractivity contribution >= 4 is 35.1 Å². The number of benzene rings is 4. The highest BCUT2D eigenvalue weighted by atomic mass is 16.5. The van der Waals surface area contributed by atoms with Crippen LogP contribution in [0.3, 0.4) is 0 Å². The number of anilines is 2. The Kier molecular flexibility index (Phi) is 9.58. The first-order valence-corrected chi connectivity index (χ1v) is 12.6. The van der Waals surface area contributed by atoms with E-state index in [1.54, 1.807) is 36.4 Å². The van der Waals surface area contributed by atoms with Gasteiger partial charge in [-0.3, -0.25) is 9.59 Å². The van der Waals surface area contributed by atoms with Crippen LogP contribution in [0.4, 0.5) is 11.4 Å². The second-order valence-electron chi connectivity index (χ2n) is 8.83. The molecule has 0 saturated heterocycles. The minimum atomic E-state index is -0.613. The number of nitrogens with one attached hydrogen (secondary N) is 2. The van der Waals surface area contributed by atoms with Crippen LogP contribution in [0.5, 0.6) is 0 Å². The minimum absolute atomic E-state index is 0.175. The standard InChI is InChI=1S/C32H28N2O7/c1-39-31(37)25-17-23(21-9-5-3-6-10-21)13-15-27(25)33-29(35)19-41-20-30(36)34-28-16-14-24(18-26(28)32(38)40-2)22-11-7-4-8-12-22/h3-18H,19-20H2,1-2H3,(H,33,35)(H,34,36). The molecular formula is C32H28N2O7. The molecule has 0 saturated carbocycles. The lowest BCUT2D eigenvalue weighted by molar-refractivity contribution is -0.125. The summed E-state index contributed by atoms with van der Waals surface area (Å²) in [6.45, 7) is -0.906. The number of esters is 2. The van der Waals surface area contributed by atoms with E-state index in [2.05, 4.69) is 10.6 Å². The Morgan fingerprint density at radius 1 is 0.537 bits per heavy atom. The van der Waals surface area contributed by atoms with Crippen molar-refractivity contribution in [3.8, 4) is 22.3 Å². The van der Waals surface area contributed by atoms with Gasteiger partial charge < -0.3 is 24.8 Å². The fourth-order valence-electron chi connectivity index (χ4n) is 4.09. The SMILES string of the molecule is COC(=O)c1cc(-c2ccccc2)ccc1NC(=O)COCC(=O)Nc1ccc(-c2ccccc2)cc1C(=O)OC. The Morgan fingerprint density at radius 2 is 0.927 bits per heavy atom. The summed E-state index contributed by atoms with van der Waals surface area (Å²) in [5.41, 5.74) is 4.19. The molecule has 0 aliphatic heterocycles. The maximum Gasteiger partial charge on any atom is 0.339 e. The zero-order valence-corrected chi connectivity index (χ0v) is 22.5. The molecule has 4 rings (SSSR count). The van der Waals surface area contributed by atoms with Gasteiger partial charge in [-0.15, -0.1) is 0 Å². The number of amides is 2. The molecule has 0 aromatic heterocycles. The van der Waals surface area contributed by atoms with Crippen molar-refractivity contribution < 1.29 is 33.4 Å². The van der Waals surface area contributed by atoms with Crippen LogP contribution in [-0.4, -0.2) is 51.2 Å². The summed E-state index contributed by atoms with van der Waals surface area (Å²) in [5.74, 6) is -2.37. The zero-order chi connectivity index (χ0) is 29.2. The average Bonchev–Trinajstić information content (AvgIpc) is 3.01. The molecule has 0 spiro atoms. The highest BCUT2D eigenvalue weighted by Crippen LogP contribution is 2.27. The van der Waals surface area contributed by atoms with Gasteiger partial charge in [0.2, 0.25) is 11.8 Å². The average molecular weight is 553 g/mol. The van der Waals surface area contributed by atoms with E-state index in [9.17, 15) is 19.2 Å². The van der Waals surface area contributed by atoms with Crippen LogP contribution >= 0.6 is 0 Å². The molecule has 4 aromatic rings. The van der Waals surface area contributed by atoms with Gasteiger partial charge in [-0.05, 0) is 46.5 Å². The quantitative estimate of drug-likeness (QED) is 0.260. The predicted octanol–water partition coefficient (Wildman–Crippen LogP) is 5.19. The maximum absolute atomic E-state index is 12.5. The molecule has 2 amide bonds. The lowest BCUT2D eigenvalue weighted by Gasteiger charge is -2.13. The van der Waals surface area contributed by atoms with Crippen LogP contribution in [0.2, 0.25) is 0 Å². The molecule has 9 nitrogen and oxygen atoms in total. The molecule has 0 bridgehead atoms. The first kappa shape index (κ1) is 28.7. The predicted molar refractivity (Wildman–Crippen MR) is 155 cm³/mol. The van der Waals surface area contributed by atoms with Crippen LogP contribution in [0.1, 0.15) is 20.7 Å². The number of rotatable bonds is 10. The number of methoxy groups -OCH3 is 2. The Hall–Kier alpha value is -5.28. The van der Waals surface area contributed by atoms with Gasteiger partial charge in [0.1, 0.15) is 13.2 Å². The molecule has 208 valence electrons. The summed E-state index contributed by atoms with van der Waals surface area (Å²) in [6.07, 6.45) is 0. The van der Waals surface area contributed by atoms with Crippen LogP contribution in [0, 0.1) is 0 Å². The highest BCUT2D eigenvalue weighted by molar-refractivity contribution is 6.04. The van der Waals surface area contributed by atoms with Gasteiger partial charge >= 0.3 is 11.9 Å². The van der Waals surface area contributed by atoms with Gasteiger partial charge in [0.15, 0.2) is 0 Å². The van der Waals surface area contributed by atoms with Crippen molar-refractivity contribution in [3.05, 3.63) is 108 Å². The van der Waals surface area contributed by atoms with Crippen LogP contribution in [0.15, 0.2) is 97.1 Å². The van der Waals surface area contributed by atoms with E-state index in [0.717, 1.165) is 22.3 Å². The fraction of sp³-hybridized carbons (Fsp3) is 0.125. The summed E-state index contributed by atoms with van der Waals surface area (Å²) < 4.78 is 15.0. The van der Waals surface area contributed by atoms with Gasteiger partial charge in [-0.2, -0.15) is 0 Å². The fourth-order valence-corrected chi connectivity index (χ4v) is 4.09. The van der Waals surface area contributed by atoms with Crippen LogP contribution in [-0.2, 0) is 23.8 Å².